The fourth-order valence-corrected chi connectivity index (χ4v) is 1.75. The van der Waals surface area contributed by atoms with Crippen molar-refractivity contribution in [3.8, 4) is 5.75 Å². The normalized spacial score (nSPS) is 10.1. The van der Waals surface area contributed by atoms with Crippen molar-refractivity contribution < 1.29 is 4.74 Å². The number of ether oxygens (including phenoxy) is 1. The number of nitrogens with zero attached hydrogens (tertiary/aromatic N) is 2. The lowest BCUT2D eigenvalue weighted by Gasteiger charge is -2.19. The zero-order valence-corrected chi connectivity index (χ0v) is 10.6. The number of hydrogen-bond donors (Lipinski definition) is 1. The Bertz CT molecular complexity index is 511. The number of benzene rings is 1. The van der Waals surface area contributed by atoms with Crippen LogP contribution in [0.15, 0.2) is 42.7 Å². The highest BCUT2D eigenvalue weighted by molar-refractivity contribution is 5.53. The van der Waals surface area contributed by atoms with Gasteiger partial charge in [0.1, 0.15) is 5.75 Å². The van der Waals surface area contributed by atoms with Crippen LogP contribution < -0.4 is 15.4 Å². The van der Waals surface area contributed by atoms with Crippen molar-refractivity contribution in [3.05, 3.63) is 48.3 Å². The minimum atomic E-state index is 0.675. The second-order valence-corrected chi connectivity index (χ2v) is 4.18. The molecule has 4 nitrogen and oxygen atoms in total. The molecule has 0 radical (unpaired) electrons. The average Bonchev–Trinajstić information content (AvgIpc) is 2.39. The zero-order chi connectivity index (χ0) is 13.0. The third-order valence-corrected chi connectivity index (χ3v) is 2.76. The Morgan fingerprint density at radius 1 is 1.22 bits per heavy atom. The van der Waals surface area contributed by atoms with Crippen LogP contribution in [0, 0.1) is 0 Å². The second kappa shape index (κ2) is 5.40. The SMILES string of the molecule is COc1ccc(CN(C)c2cncc(N)c2)cc1. The number of rotatable bonds is 4. The molecule has 0 aliphatic heterocycles. The van der Waals surface area contributed by atoms with Gasteiger partial charge in [0.25, 0.3) is 0 Å². The predicted octanol–water partition coefficient (Wildman–Crippen LogP) is 2.31. The van der Waals surface area contributed by atoms with E-state index in [4.69, 9.17) is 10.5 Å². The summed E-state index contributed by atoms with van der Waals surface area (Å²) in [6.07, 6.45) is 3.45. The molecule has 2 rings (SSSR count). The fourth-order valence-electron chi connectivity index (χ4n) is 1.75. The summed E-state index contributed by atoms with van der Waals surface area (Å²) in [6, 6.07) is 9.93. The van der Waals surface area contributed by atoms with Gasteiger partial charge in [-0.2, -0.15) is 0 Å². The summed E-state index contributed by atoms with van der Waals surface area (Å²) in [6.45, 7) is 0.801. The van der Waals surface area contributed by atoms with Crippen LogP contribution in [-0.4, -0.2) is 19.1 Å². The minimum Gasteiger partial charge on any atom is -0.497 e. The van der Waals surface area contributed by atoms with Crippen molar-refractivity contribution >= 4 is 11.4 Å². The van der Waals surface area contributed by atoms with Gasteiger partial charge >= 0.3 is 0 Å². The number of pyridine rings is 1. The standard InChI is InChI=1S/C14H17N3O/c1-17(13-7-12(15)8-16-9-13)10-11-3-5-14(18-2)6-4-11/h3-9H,10,15H2,1-2H3. The lowest BCUT2D eigenvalue weighted by Crippen LogP contribution is -2.16. The monoisotopic (exact) mass is 243 g/mol. The first-order valence-corrected chi connectivity index (χ1v) is 5.73. The van der Waals surface area contributed by atoms with E-state index in [0.717, 1.165) is 18.0 Å². The van der Waals surface area contributed by atoms with E-state index in [9.17, 15) is 0 Å². The van der Waals surface area contributed by atoms with Crippen molar-refractivity contribution in [2.45, 2.75) is 6.54 Å². The van der Waals surface area contributed by atoms with E-state index in [-0.39, 0.29) is 0 Å². The molecule has 0 unspecified atom stereocenters. The van der Waals surface area contributed by atoms with Crippen LogP contribution in [-0.2, 0) is 6.54 Å². The number of aromatic nitrogens is 1. The first-order chi connectivity index (χ1) is 8.69. The van der Waals surface area contributed by atoms with Crippen molar-refractivity contribution in [2.75, 3.05) is 24.8 Å². The van der Waals surface area contributed by atoms with Gasteiger partial charge in [0, 0.05) is 19.8 Å². The maximum absolute atomic E-state index is 5.72. The van der Waals surface area contributed by atoms with Gasteiger partial charge in [0.2, 0.25) is 0 Å². The quantitative estimate of drug-likeness (QED) is 0.895. The Morgan fingerprint density at radius 2 is 1.94 bits per heavy atom. The molecule has 0 atom stereocenters. The maximum atomic E-state index is 5.72. The molecular weight excluding hydrogens is 226 g/mol. The molecule has 2 N–H and O–H groups in total. The maximum Gasteiger partial charge on any atom is 0.118 e. The summed E-state index contributed by atoms with van der Waals surface area (Å²) in [5.74, 6) is 0.868. The summed E-state index contributed by atoms with van der Waals surface area (Å²) in [7, 11) is 3.68. The van der Waals surface area contributed by atoms with E-state index in [1.807, 2.05) is 25.2 Å². The summed E-state index contributed by atoms with van der Waals surface area (Å²) in [5.41, 5.74) is 8.61. The van der Waals surface area contributed by atoms with E-state index < -0.39 is 0 Å². The Kier molecular flexibility index (Phi) is 3.67. The van der Waals surface area contributed by atoms with Crippen molar-refractivity contribution in [2.24, 2.45) is 0 Å². The van der Waals surface area contributed by atoms with E-state index in [2.05, 4.69) is 22.0 Å². The van der Waals surface area contributed by atoms with Crippen LogP contribution >= 0.6 is 0 Å². The molecule has 18 heavy (non-hydrogen) atoms. The third-order valence-electron chi connectivity index (χ3n) is 2.76. The van der Waals surface area contributed by atoms with Gasteiger partial charge in [-0.15, -0.1) is 0 Å². The smallest absolute Gasteiger partial charge is 0.118 e. The van der Waals surface area contributed by atoms with Crippen LogP contribution in [0.25, 0.3) is 0 Å². The number of nitrogens with two attached hydrogens (primary N) is 1. The lowest BCUT2D eigenvalue weighted by molar-refractivity contribution is 0.414. The molecule has 94 valence electrons. The Balaban J connectivity index is 2.08. The highest BCUT2D eigenvalue weighted by atomic mass is 16.5. The average molecular weight is 243 g/mol. The first-order valence-electron chi connectivity index (χ1n) is 5.73. The van der Waals surface area contributed by atoms with Gasteiger partial charge < -0.3 is 15.4 Å². The van der Waals surface area contributed by atoms with E-state index in [1.54, 1.807) is 19.5 Å². The molecule has 0 spiro atoms. The minimum absolute atomic E-state index is 0.675. The summed E-state index contributed by atoms with van der Waals surface area (Å²) < 4.78 is 5.13. The lowest BCUT2D eigenvalue weighted by atomic mass is 10.2. The molecule has 0 bridgehead atoms. The number of methoxy groups -OCH3 is 1. The van der Waals surface area contributed by atoms with Gasteiger partial charge in [0.05, 0.1) is 24.7 Å². The zero-order valence-electron chi connectivity index (χ0n) is 10.6. The van der Waals surface area contributed by atoms with Gasteiger partial charge in [-0.1, -0.05) is 12.1 Å². The Morgan fingerprint density at radius 3 is 2.56 bits per heavy atom. The molecule has 0 aliphatic rings. The number of nitrogen functional groups attached to an aromatic ring is 1. The molecular formula is C14H17N3O. The van der Waals surface area contributed by atoms with Gasteiger partial charge in [-0.25, -0.2) is 0 Å². The molecule has 0 fully saturated rings. The van der Waals surface area contributed by atoms with Crippen molar-refractivity contribution in [1.29, 1.82) is 0 Å². The number of anilines is 2. The van der Waals surface area contributed by atoms with Crippen LogP contribution in [0.2, 0.25) is 0 Å². The molecule has 0 saturated heterocycles. The fraction of sp³-hybridized carbons (Fsp3) is 0.214. The van der Waals surface area contributed by atoms with Gasteiger partial charge in [0.15, 0.2) is 0 Å². The topological polar surface area (TPSA) is 51.4 Å². The van der Waals surface area contributed by atoms with E-state index >= 15 is 0 Å². The highest BCUT2D eigenvalue weighted by Gasteiger charge is 2.03. The first kappa shape index (κ1) is 12.2. The summed E-state index contributed by atoms with van der Waals surface area (Å²) >= 11 is 0. The second-order valence-electron chi connectivity index (χ2n) is 4.18. The van der Waals surface area contributed by atoms with E-state index in [0.29, 0.717) is 5.69 Å². The molecule has 4 heteroatoms. The summed E-state index contributed by atoms with van der Waals surface area (Å²) in [4.78, 5) is 6.19. The molecule has 2 aromatic rings. The van der Waals surface area contributed by atoms with Gasteiger partial charge in [-0.3, -0.25) is 4.98 Å². The largest absolute Gasteiger partial charge is 0.497 e. The molecule has 1 aromatic heterocycles. The molecule has 0 amide bonds. The van der Waals surface area contributed by atoms with Crippen LogP contribution in [0.3, 0.4) is 0 Å². The van der Waals surface area contributed by atoms with Crippen molar-refractivity contribution in [3.63, 3.8) is 0 Å². The molecule has 0 saturated carbocycles. The van der Waals surface area contributed by atoms with Crippen LogP contribution in [0.4, 0.5) is 11.4 Å². The van der Waals surface area contributed by atoms with Gasteiger partial charge in [-0.05, 0) is 23.8 Å². The van der Waals surface area contributed by atoms with E-state index in [1.165, 1.54) is 5.56 Å². The molecule has 1 heterocycles. The third kappa shape index (κ3) is 2.91. The molecule has 1 aromatic carbocycles. The van der Waals surface area contributed by atoms with Crippen molar-refractivity contribution in [1.82, 2.24) is 4.98 Å². The number of hydrogen-bond acceptors (Lipinski definition) is 4. The molecule has 0 aliphatic carbocycles. The Hall–Kier alpha value is -2.23. The highest BCUT2D eigenvalue weighted by Crippen LogP contribution is 2.18. The van der Waals surface area contributed by atoms with Crippen LogP contribution in [0.1, 0.15) is 5.56 Å². The Labute approximate surface area is 107 Å². The van der Waals surface area contributed by atoms with Crippen LogP contribution in [0.5, 0.6) is 5.75 Å². The summed E-state index contributed by atoms with van der Waals surface area (Å²) in [5, 5.41) is 0. The predicted molar refractivity (Wildman–Crippen MR) is 73.8 cm³/mol.